The van der Waals surface area contributed by atoms with Crippen molar-refractivity contribution in [1.82, 2.24) is 0 Å². The van der Waals surface area contributed by atoms with Crippen molar-refractivity contribution >= 4 is 46.9 Å². The fraction of sp³-hybridized carbons (Fsp3) is 0.560. The fourth-order valence-corrected chi connectivity index (χ4v) is 5.73. The topological polar surface area (TPSA) is 116 Å². The van der Waals surface area contributed by atoms with Crippen molar-refractivity contribution in [3.05, 3.63) is 52.1 Å². The van der Waals surface area contributed by atoms with Crippen LogP contribution in [-0.4, -0.2) is 62.2 Å². The van der Waals surface area contributed by atoms with Gasteiger partial charge < -0.3 is 27.9 Å². The van der Waals surface area contributed by atoms with Crippen molar-refractivity contribution in [2.45, 2.75) is 39.5 Å². The molecule has 0 aliphatic heterocycles. The van der Waals surface area contributed by atoms with Gasteiger partial charge in [-0.25, -0.2) is 0 Å². The predicted octanol–water partition coefficient (Wildman–Crippen LogP) is 6.55. The summed E-state index contributed by atoms with van der Waals surface area (Å²) in [6, 6.07) is 11.8. The molecule has 38 heavy (non-hydrogen) atoms. The second kappa shape index (κ2) is 19.3. The molecule has 0 bridgehead atoms. The van der Waals surface area contributed by atoms with E-state index in [0.29, 0.717) is 45.2 Å². The average molecular weight is 590 g/mol. The minimum atomic E-state index is -1.30. The first-order chi connectivity index (χ1) is 18.4. The third-order valence-electron chi connectivity index (χ3n) is 5.02. The van der Waals surface area contributed by atoms with Gasteiger partial charge in [-0.1, -0.05) is 45.9 Å². The molecular weight excluding hydrogens is 553 g/mol. The van der Waals surface area contributed by atoms with Crippen LogP contribution in [-0.2, 0) is 27.9 Å². The molecule has 13 heteroatoms. The molecule has 0 radical (unpaired) electrons. The van der Waals surface area contributed by atoms with Crippen molar-refractivity contribution in [2.75, 3.05) is 51.1 Å². The maximum atomic E-state index is 12.6. The van der Waals surface area contributed by atoms with Gasteiger partial charge in [0.05, 0.1) is 39.0 Å². The number of nitrogens with zero attached hydrogens (tertiary/aromatic N) is 1. The molecule has 0 amide bonds. The summed E-state index contributed by atoms with van der Waals surface area (Å²) in [6.45, 7) is 8.16. The van der Waals surface area contributed by atoms with Crippen LogP contribution in [0, 0.1) is 10.1 Å². The quantitative estimate of drug-likeness (QED) is 0.0394. The van der Waals surface area contributed by atoms with Crippen molar-refractivity contribution in [1.29, 1.82) is 0 Å². The van der Waals surface area contributed by atoms with Crippen molar-refractivity contribution in [2.24, 2.45) is 0 Å². The summed E-state index contributed by atoms with van der Waals surface area (Å²) in [5.41, 5.74) is 0.896. The number of carbonyl (C=O) groups excluding carboxylic acids is 1. The van der Waals surface area contributed by atoms with E-state index in [0.717, 1.165) is 34.3 Å². The van der Waals surface area contributed by atoms with Gasteiger partial charge in [-0.05, 0) is 62.1 Å². The molecule has 0 saturated heterocycles. The third-order valence-corrected chi connectivity index (χ3v) is 8.68. The summed E-state index contributed by atoms with van der Waals surface area (Å²) < 4.78 is 27.7. The second-order valence-electron chi connectivity index (χ2n) is 7.81. The SMILES string of the molecule is CCOP(OCC)OCCCCOC(=O)C(C)c1ccc2cc(OCCSSCCO[N+](=O)[O-])ccc2c1. The maximum Gasteiger partial charge on any atom is 0.332 e. The van der Waals surface area contributed by atoms with Gasteiger partial charge in [0.2, 0.25) is 0 Å². The van der Waals surface area contributed by atoms with E-state index >= 15 is 0 Å². The molecule has 2 rings (SSSR count). The lowest BCUT2D eigenvalue weighted by molar-refractivity contribution is -0.756. The first-order valence-electron chi connectivity index (χ1n) is 12.5. The highest BCUT2D eigenvalue weighted by molar-refractivity contribution is 8.76. The Kier molecular flexibility index (Phi) is 16.4. The van der Waals surface area contributed by atoms with E-state index in [1.54, 1.807) is 10.8 Å². The van der Waals surface area contributed by atoms with E-state index < -0.39 is 13.7 Å². The summed E-state index contributed by atoms with van der Waals surface area (Å²) in [5, 5.41) is 11.3. The largest absolute Gasteiger partial charge is 0.493 e. The Labute approximate surface area is 232 Å². The average Bonchev–Trinajstić information content (AvgIpc) is 2.91. The van der Waals surface area contributed by atoms with E-state index in [1.807, 2.05) is 57.2 Å². The van der Waals surface area contributed by atoms with Gasteiger partial charge in [0.25, 0.3) is 5.09 Å². The van der Waals surface area contributed by atoms with Crippen molar-refractivity contribution in [3.63, 3.8) is 0 Å². The molecule has 0 aliphatic rings. The number of hydrogen-bond donors (Lipinski definition) is 0. The third kappa shape index (κ3) is 12.8. The number of ether oxygens (including phenoxy) is 2. The molecule has 1 unspecified atom stereocenters. The second-order valence-corrected chi connectivity index (χ2v) is 11.7. The number of benzene rings is 2. The van der Waals surface area contributed by atoms with E-state index in [-0.39, 0.29) is 18.5 Å². The first kappa shape index (κ1) is 32.4. The molecule has 1 atom stereocenters. The van der Waals surface area contributed by atoms with Crippen LogP contribution in [0.4, 0.5) is 0 Å². The number of esters is 1. The minimum Gasteiger partial charge on any atom is -0.493 e. The number of fused-ring (bicyclic) bond motifs is 1. The van der Waals surface area contributed by atoms with Gasteiger partial charge in [-0.15, -0.1) is 10.1 Å². The van der Waals surface area contributed by atoms with E-state index in [2.05, 4.69) is 4.84 Å². The first-order valence-corrected chi connectivity index (χ1v) is 16.1. The monoisotopic (exact) mass is 589 g/mol. The van der Waals surface area contributed by atoms with Gasteiger partial charge in [0.1, 0.15) is 12.4 Å². The molecule has 0 heterocycles. The molecule has 0 aliphatic carbocycles. The molecule has 2 aromatic rings. The zero-order chi connectivity index (χ0) is 27.6. The number of carbonyl (C=O) groups is 1. The van der Waals surface area contributed by atoms with Crippen LogP contribution in [0.5, 0.6) is 5.75 Å². The zero-order valence-electron chi connectivity index (χ0n) is 22.0. The molecular formula is C25H36NO9PS2. The van der Waals surface area contributed by atoms with Crippen molar-refractivity contribution in [3.8, 4) is 5.75 Å². The number of rotatable bonds is 21. The highest BCUT2D eigenvalue weighted by Gasteiger charge is 2.17. The molecule has 212 valence electrons. The Morgan fingerprint density at radius 2 is 1.58 bits per heavy atom. The molecule has 0 aromatic heterocycles. The van der Waals surface area contributed by atoms with E-state index in [1.165, 1.54) is 10.8 Å². The smallest absolute Gasteiger partial charge is 0.332 e. The lowest BCUT2D eigenvalue weighted by atomic mass is 9.98. The number of hydrogen-bond acceptors (Lipinski definition) is 11. The van der Waals surface area contributed by atoms with Crippen LogP contribution in [0.1, 0.15) is 45.1 Å². The summed E-state index contributed by atoms with van der Waals surface area (Å²) in [5.74, 6) is 1.42. The van der Waals surface area contributed by atoms with Gasteiger partial charge in [0, 0.05) is 11.5 Å². The summed E-state index contributed by atoms with van der Waals surface area (Å²) in [7, 11) is 1.79. The van der Waals surface area contributed by atoms with Crippen LogP contribution in [0.15, 0.2) is 36.4 Å². The van der Waals surface area contributed by atoms with Crippen LogP contribution >= 0.6 is 30.2 Å². The Balaban J connectivity index is 1.70. The van der Waals surface area contributed by atoms with Gasteiger partial charge in [0.15, 0.2) is 0 Å². The van der Waals surface area contributed by atoms with Crippen LogP contribution < -0.4 is 4.74 Å². The van der Waals surface area contributed by atoms with Gasteiger partial charge in [-0.2, -0.15) is 0 Å². The predicted molar refractivity (Wildman–Crippen MR) is 152 cm³/mol. The van der Waals surface area contributed by atoms with Crippen molar-refractivity contribution < 1.29 is 37.8 Å². The van der Waals surface area contributed by atoms with Crippen LogP contribution in [0.2, 0.25) is 0 Å². The van der Waals surface area contributed by atoms with E-state index in [4.69, 9.17) is 23.0 Å². The highest BCUT2D eigenvalue weighted by Crippen LogP contribution is 2.39. The molecule has 0 N–H and O–H groups in total. The lowest BCUT2D eigenvalue weighted by Crippen LogP contribution is -2.14. The van der Waals surface area contributed by atoms with Gasteiger partial charge >= 0.3 is 14.6 Å². The summed E-state index contributed by atoms with van der Waals surface area (Å²) in [4.78, 5) is 26.9. The molecule has 0 spiro atoms. The summed E-state index contributed by atoms with van der Waals surface area (Å²) >= 11 is 0. The highest BCUT2D eigenvalue weighted by atomic mass is 33.1. The number of unbranched alkanes of at least 4 members (excludes halogenated alkanes) is 1. The Bertz CT molecular complexity index is 979. The molecule has 0 saturated carbocycles. The lowest BCUT2D eigenvalue weighted by Gasteiger charge is -2.15. The maximum absolute atomic E-state index is 12.6. The Morgan fingerprint density at radius 1 is 0.921 bits per heavy atom. The molecule has 0 fully saturated rings. The normalized spacial score (nSPS) is 12.0. The van der Waals surface area contributed by atoms with Crippen LogP contribution in [0.3, 0.4) is 0 Å². The Hall–Kier alpha value is -1.82. The van der Waals surface area contributed by atoms with Crippen LogP contribution in [0.25, 0.3) is 10.8 Å². The minimum absolute atomic E-state index is 0.0790. The zero-order valence-corrected chi connectivity index (χ0v) is 24.5. The standard InChI is InChI=1S/C25H36NO9PS2/c1-4-33-36(34-5-2)35-13-7-6-12-31-25(27)20(3)21-8-9-23-19-24(11-10-22(23)18-21)30-14-16-37-38-17-15-32-26(28)29/h8-11,18-20H,4-7,12-17H2,1-3H3. The van der Waals surface area contributed by atoms with Gasteiger partial charge in [-0.3, -0.25) is 4.79 Å². The fourth-order valence-electron chi connectivity index (χ4n) is 3.16. The molecule has 10 nitrogen and oxygen atoms in total. The molecule has 2 aromatic carbocycles. The Morgan fingerprint density at radius 3 is 2.29 bits per heavy atom. The van der Waals surface area contributed by atoms with E-state index in [9.17, 15) is 14.9 Å². The summed E-state index contributed by atoms with van der Waals surface area (Å²) in [6.07, 6.45) is 1.45.